The molecule has 0 bridgehead atoms. The van der Waals surface area contributed by atoms with Crippen LogP contribution in [0.3, 0.4) is 0 Å². The first-order chi connectivity index (χ1) is 14.1. The Morgan fingerprint density at radius 1 is 0.967 bits per heavy atom. The normalized spacial score (nSPS) is 15.4. The highest BCUT2D eigenvalue weighted by molar-refractivity contribution is 7.89. The molecule has 2 aromatic carbocycles. The number of Topliss-reactive ketones (excluding diaryl/α,β-unsaturated/α-hetero) is 1. The average Bonchev–Trinajstić information content (AvgIpc) is 2.75. The number of carbonyl (C=O) groups is 2. The van der Waals surface area contributed by atoms with E-state index < -0.39 is 10.0 Å². The van der Waals surface area contributed by atoms with E-state index >= 15 is 0 Å². The van der Waals surface area contributed by atoms with E-state index in [9.17, 15) is 18.0 Å². The average molecular weight is 429 g/mol. The Kier molecular flexibility index (Phi) is 6.43. The summed E-state index contributed by atoms with van der Waals surface area (Å²) in [6.45, 7) is 4.52. The van der Waals surface area contributed by atoms with Crippen LogP contribution in [0, 0.1) is 19.8 Å². The summed E-state index contributed by atoms with van der Waals surface area (Å²) in [6, 6.07) is 12.4. The lowest BCUT2D eigenvalue weighted by atomic mass is 9.88. The zero-order valence-electron chi connectivity index (χ0n) is 17.9. The molecule has 2 aromatic rings. The van der Waals surface area contributed by atoms with Gasteiger partial charge in [-0.3, -0.25) is 9.59 Å². The van der Waals surface area contributed by atoms with Gasteiger partial charge in [-0.1, -0.05) is 30.3 Å². The van der Waals surface area contributed by atoms with E-state index in [1.54, 1.807) is 17.9 Å². The molecule has 1 amide bonds. The fraction of sp³-hybridized carbons (Fsp3) is 0.391. The molecule has 3 rings (SSSR count). The summed E-state index contributed by atoms with van der Waals surface area (Å²) >= 11 is 0. The van der Waals surface area contributed by atoms with Crippen molar-refractivity contribution in [2.45, 2.75) is 31.6 Å². The van der Waals surface area contributed by atoms with Gasteiger partial charge in [-0.2, -0.15) is 0 Å². The van der Waals surface area contributed by atoms with Gasteiger partial charge >= 0.3 is 0 Å². The van der Waals surface area contributed by atoms with Crippen LogP contribution in [0.15, 0.2) is 47.4 Å². The number of likely N-dealkylation sites (tertiary alicyclic amines) is 1. The summed E-state index contributed by atoms with van der Waals surface area (Å²) in [4.78, 5) is 27.6. The molecule has 1 saturated heterocycles. The van der Waals surface area contributed by atoms with Gasteiger partial charge in [0.2, 0.25) is 10.0 Å². The van der Waals surface area contributed by atoms with Gasteiger partial charge in [-0.05, 0) is 49.9 Å². The molecule has 0 unspecified atom stereocenters. The highest BCUT2D eigenvalue weighted by Crippen LogP contribution is 2.26. The number of hydrogen-bond donors (Lipinski definition) is 0. The Morgan fingerprint density at radius 2 is 1.57 bits per heavy atom. The second kappa shape index (κ2) is 8.70. The predicted octanol–water partition coefficient (Wildman–Crippen LogP) is 3.29. The van der Waals surface area contributed by atoms with Crippen molar-refractivity contribution in [2.75, 3.05) is 27.2 Å². The van der Waals surface area contributed by atoms with Crippen LogP contribution in [0.25, 0.3) is 0 Å². The number of aryl methyl sites for hydroxylation is 1. The maximum absolute atomic E-state index is 13.1. The van der Waals surface area contributed by atoms with E-state index in [0.29, 0.717) is 42.6 Å². The molecule has 0 aromatic heterocycles. The van der Waals surface area contributed by atoms with Crippen LogP contribution >= 0.6 is 0 Å². The van der Waals surface area contributed by atoms with Gasteiger partial charge < -0.3 is 4.90 Å². The van der Waals surface area contributed by atoms with Gasteiger partial charge in [-0.15, -0.1) is 0 Å². The highest BCUT2D eigenvalue weighted by Gasteiger charge is 2.30. The second-order valence-electron chi connectivity index (χ2n) is 8.00. The molecule has 1 aliphatic heterocycles. The third kappa shape index (κ3) is 4.32. The molecule has 6 nitrogen and oxygen atoms in total. The number of sulfonamides is 1. The van der Waals surface area contributed by atoms with Crippen LogP contribution < -0.4 is 0 Å². The summed E-state index contributed by atoms with van der Waals surface area (Å²) in [7, 11) is -0.691. The Morgan fingerprint density at radius 3 is 2.13 bits per heavy atom. The summed E-state index contributed by atoms with van der Waals surface area (Å²) in [5.41, 5.74) is 2.48. The molecule has 1 aliphatic rings. The summed E-state index contributed by atoms with van der Waals surface area (Å²) in [5.74, 6) is -0.173. The quantitative estimate of drug-likeness (QED) is 0.685. The van der Waals surface area contributed by atoms with Crippen LogP contribution in [0.4, 0.5) is 0 Å². The first-order valence-corrected chi connectivity index (χ1v) is 11.5. The number of piperidine rings is 1. The lowest BCUT2D eigenvalue weighted by molar-refractivity contribution is 0.0650. The van der Waals surface area contributed by atoms with Crippen molar-refractivity contribution in [2.24, 2.45) is 5.92 Å². The minimum absolute atomic E-state index is 0.0964. The van der Waals surface area contributed by atoms with Crippen LogP contribution in [-0.2, 0) is 10.0 Å². The number of amides is 1. The van der Waals surface area contributed by atoms with Crippen molar-refractivity contribution in [1.82, 2.24) is 9.21 Å². The third-order valence-electron chi connectivity index (χ3n) is 5.84. The molecule has 0 radical (unpaired) electrons. The number of hydrogen-bond acceptors (Lipinski definition) is 4. The van der Waals surface area contributed by atoms with E-state index in [0.717, 1.165) is 9.87 Å². The van der Waals surface area contributed by atoms with E-state index in [1.165, 1.54) is 20.2 Å². The molecule has 0 saturated carbocycles. The van der Waals surface area contributed by atoms with Gasteiger partial charge in [0.25, 0.3) is 5.91 Å². The summed E-state index contributed by atoms with van der Waals surface area (Å²) < 4.78 is 26.5. The Hall–Kier alpha value is -2.51. The van der Waals surface area contributed by atoms with Crippen LogP contribution in [0.2, 0.25) is 0 Å². The van der Waals surface area contributed by atoms with Crippen LogP contribution in [0.1, 0.15) is 44.7 Å². The fourth-order valence-electron chi connectivity index (χ4n) is 3.78. The van der Waals surface area contributed by atoms with Crippen molar-refractivity contribution in [1.29, 1.82) is 0 Å². The zero-order valence-corrected chi connectivity index (χ0v) is 18.7. The Bertz CT molecular complexity index is 1050. The van der Waals surface area contributed by atoms with Crippen molar-refractivity contribution in [3.05, 3.63) is 64.7 Å². The van der Waals surface area contributed by atoms with E-state index in [4.69, 9.17) is 0 Å². The van der Waals surface area contributed by atoms with E-state index in [1.807, 2.05) is 37.3 Å². The molecular formula is C23H28N2O4S. The van der Waals surface area contributed by atoms with Crippen LogP contribution in [0.5, 0.6) is 0 Å². The number of carbonyl (C=O) groups excluding carboxylic acids is 2. The lowest BCUT2D eigenvalue weighted by Gasteiger charge is -2.31. The SMILES string of the molecule is Cc1cc(C(=O)N2CCC(C(=O)c3ccccc3)CC2)cc(S(=O)(=O)N(C)C)c1C. The molecular weight excluding hydrogens is 400 g/mol. The number of rotatable bonds is 5. The van der Waals surface area contributed by atoms with Gasteiger partial charge in [0, 0.05) is 44.2 Å². The molecule has 0 aliphatic carbocycles. The second-order valence-corrected chi connectivity index (χ2v) is 10.1. The largest absolute Gasteiger partial charge is 0.339 e. The molecule has 160 valence electrons. The molecule has 0 atom stereocenters. The molecule has 0 N–H and O–H groups in total. The third-order valence-corrected chi connectivity index (χ3v) is 7.78. The van der Waals surface area contributed by atoms with Gasteiger partial charge in [0.1, 0.15) is 0 Å². The summed E-state index contributed by atoms with van der Waals surface area (Å²) in [5, 5.41) is 0. The zero-order chi connectivity index (χ0) is 22.1. The van der Waals surface area contributed by atoms with Gasteiger partial charge in [-0.25, -0.2) is 12.7 Å². The molecule has 7 heteroatoms. The Balaban J connectivity index is 1.77. The monoisotopic (exact) mass is 428 g/mol. The topological polar surface area (TPSA) is 74.8 Å². The minimum Gasteiger partial charge on any atom is -0.339 e. The first kappa shape index (κ1) is 22.2. The molecule has 1 fully saturated rings. The van der Waals surface area contributed by atoms with Crippen molar-refractivity contribution < 1.29 is 18.0 Å². The van der Waals surface area contributed by atoms with Crippen molar-refractivity contribution in [3.63, 3.8) is 0 Å². The molecule has 0 spiro atoms. The van der Waals surface area contributed by atoms with E-state index in [-0.39, 0.29) is 22.5 Å². The molecule has 1 heterocycles. The minimum atomic E-state index is -3.65. The van der Waals surface area contributed by atoms with Crippen molar-refractivity contribution in [3.8, 4) is 0 Å². The molecule has 30 heavy (non-hydrogen) atoms. The summed E-state index contributed by atoms with van der Waals surface area (Å²) in [6.07, 6.45) is 1.21. The first-order valence-electron chi connectivity index (χ1n) is 10.0. The van der Waals surface area contributed by atoms with Gasteiger partial charge in [0.15, 0.2) is 5.78 Å². The lowest BCUT2D eigenvalue weighted by Crippen LogP contribution is -2.40. The van der Waals surface area contributed by atoms with E-state index in [2.05, 4.69) is 0 Å². The Labute approximate surface area is 178 Å². The number of nitrogens with zero attached hydrogens (tertiary/aromatic N) is 2. The number of benzene rings is 2. The maximum atomic E-state index is 13.1. The highest BCUT2D eigenvalue weighted by atomic mass is 32.2. The van der Waals surface area contributed by atoms with Crippen LogP contribution in [-0.4, -0.2) is 56.5 Å². The number of ketones is 1. The van der Waals surface area contributed by atoms with Crippen molar-refractivity contribution >= 4 is 21.7 Å². The van der Waals surface area contributed by atoms with Gasteiger partial charge in [0.05, 0.1) is 4.90 Å². The maximum Gasteiger partial charge on any atom is 0.253 e. The smallest absolute Gasteiger partial charge is 0.253 e. The fourth-order valence-corrected chi connectivity index (χ4v) is 5.00. The standard InChI is InChI=1S/C23H28N2O4S/c1-16-14-20(15-21(17(16)2)30(28,29)24(3)4)23(27)25-12-10-19(11-13-25)22(26)18-8-6-5-7-9-18/h5-9,14-15,19H,10-13H2,1-4H3. The predicted molar refractivity (Wildman–Crippen MR) is 116 cm³/mol.